The Labute approximate surface area is 257 Å². The molecule has 5 rings (SSSR count). The van der Waals surface area contributed by atoms with Gasteiger partial charge in [0.15, 0.2) is 11.5 Å². The smallest absolute Gasteiger partial charge is 0.433 e. The van der Waals surface area contributed by atoms with Crippen molar-refractivity contribution in [3.63, 3.8) is 0 Å². The van der Waals surface area contributed by atoms with Crippen molar-refractivity contribution in [1.82, 2.24) is 25.0 Å². The van der Waals surface area contributed by atoms with E-state index < -0.39 is 59.3 Å². The van der Waals surface area contributed by atoms with E-state index in [0.29, 0.717) is 0 Å². The van der Waals surface area contributed by atoms with Crippen molar-refractivity contribution in [2.45, 2.75) is 89.0 Å². The third kappa shape index (κ3) is 5.78. The largest absolute Gasteiger partial charge is 0.480 e. The van der Waals surface area contributed by atoms with E-state index in [1.807, 2.05) is 0 Å². The number of carbonyl (C=O) groups excluding carboxylic acids is 2. The van der Waals surface area contributed by atoms with Crippen LogP contribution in [0.15, 0.2) is 12.4 Å². The van der Waals surface area contributed by atoms with Crippen molar-refractivity contribution in [2.24, 2.45) is 11.3 Å². The molecule has 0 saturated heterocycles. The summed E-state index contributed by atoms with van der Waals surface area (Å²) in [7, 11) is 1.51. The number of carboxylic acids is 1. The summed E-state index contributed by atoms with van der Waals surface area (Å²) in [5, 5.41) is 16.7. The molecule has 9 nitrogen and oxygen atoms in total. The van der Waals surface area contributed by atoms with Crippen LogP contribution in [0.5, 0.6) is 0 Å². The van der Waals surface area contributed by atoms with Crippen LogP contribution in [0, 0.1) is 18.3 Å². The van der Waals surface area contributed by atoms with Crippen molar-refractivity contribution in [2.75, 3.05) is 13.6 Å². The summed E-state index contributed by atoms with van der Waals surface area (Å²) in [6.07, 6.45) is 1.83. The molecule has 1 spiro atoms. The Balaban J connectivity index is 1.51. The van der Waals surface area contributed by atoms with Crippen LogP contribution < -0.4 is 5.32 Å². The van der Waals surface area contributed by atoms with Crippen molar-refractivity contribution in [3.8, 4) is 0 Å². The Morgan fingerprint density at radius 2 is 1.70 bits per heavy atom. The lowest BCUT2D eigenvalue weighted by molar-refractivity contribution is -0.149. The highest BCUT2D eigenvalue weighted by atomic mass is 35.5. The van der Waals surface area contributed by atoms with Crippen LogP contribution in [0.3, 0.4) is 0 Å². The molecule has 0 aromatic carbocycles. The van der Waals surface area contributed by atoms with Gasteiger partial charge in [-0.1, -0.05) is 23.2 Å². The monoisotopic (exact) mass is 643 g/mol. The number of carboxylic acid groups (broad SMARTS) is 1. The number of pyridine rings is 1. The summed E-state index contributed by atoms with van der Waals surface area (Å²) in [5.74, 6) is -2.59. The van der Waals surface area contributed by atoms with E-state index in [4.69, 9.17) is 23.2 Å². The lowest BCUT2D eigenvalue weighted by atomic mass is 9.68. The molecule has 0 radical (unpaired) electrons. The van der Waals surface area contributed by atoms with Gasteiger partial charge in [0, 0.05) is 18.4 Å². The number of ketones is 1. The van der Waals surface area contributed by atoms with Gasteiger partial charge in [-0.3, -0.25) is 24.0 Å². The Kier molecular flexibility index (Phi) is 8.36. The van der Waals surface area contributed by atoms with Crippen LogP contribution >= 0.6 is 23.2 Å². The number of nitrogens with zero attached hydrogens (tertiary/aromatic N) is 4. The van der Waals surface area contributed by atoms with Crippen LogP contribution in [0.4, 0.5) is 13.2 Å². The number of aromatic nitrogens is 3. The van der Waals surface area contributed by atoms with Crippen LogP contribution in [0.1, 0.15) is 96.4 Å². The Bertz CT molecular complexity index is 1420. The number of nitrogens with one attached hydrogen (secondary N) is 1. The topological polar surface area (TPSA) is 117 Å². The normalized spacial score (nSPS) is 24.0. The fourth-order valence-electron chi connectivity index (χ4n) is 6.94. The fraction of sp³-hybridized carbons (Fsp3) is 0.621. The van der Waals surface area contributed by atoms with Crippen LogP contribution in [0.2, 0.25) is 10.0 Å². The fourth-order valence-corrected chi connectivity index (χ4v) is 7.51. The second-order valence-electron chi connectivity index (χ2n) is 12.4. The summed E-state index contributed by atoms with van der Waals surface area (Å²) >= 11 is 12.4. The minimum Gasteiger partial charge on any atom is -0.480 e. The van der Waals surface area contributed by atoms with Gasteiger partial charge in [0.1, 0.15) is 5.54 Å². The molecule has 1 atom stereocenters. The molecule has 43 heavy (non-hydrogen) atoms. The summed E-state index contributed by atoms with van der Waals surface area (Å²) in [6, 6.07) is -1.30. The maximum Gasteiger partial charge on any atom is 0.433 e. The number of Topliss-reactive ketones (excluding diaryl/α,β-unsaturated/α-hetero) is 1. The minimum absolute atomic E-state index is 0.0191. The van der Waals surface area contributed by atoms with Gasteiger partial charge in [-0.2, -0.15) is 18.3 Å². The summed E-state index contributed by atoms with van der Waals surface area (Å²) in [6.45, 7) is 2.58. The van der Waals surface area contributed by atoms with Gasteiger partial charge in [-0.15, -0.1) is 0 Å². The molecule has 14 heteroatoms. The van der Waals surface area contributed by atoms with Gasteiger partial charge in [0.05, 0.1) is 39.5 Å². The van der Waals surface area contributed by atoms with Crippen molar-refractivity contribution in [3.05, 3.63) is 45.0 Å². The highest BCUT2D eigenvalue weighted by molar-refractivity contribution is 6.39. The first kappa shape index (κ1) is 31.7. The van der Waals surface area contributed by atoms with Gasteiger partial charge in [-0.25, -0.2) is 0 Å². The first-order valence-corrected chi connectivity index (χ1v) is 15.1. The highest BCUT2D eigenvalue weighted by Gasteiger charge is 2.55. The number of hydrogen-bond acceptors (Lipinski definition) is 6. The maximum atomic E-state index is 14.8. The van der Waals surface area contributed by atoms with Crippen molar-refractivity contribution in [1.29, 1.82) is 0 Å². The molecule has 3 aliphatic rings. The second kappa shape index (κ2) is 11.3. The first-order chi connectivity index (χ1) is 20.1. The predicted octanol–water partition coefficient (Wildman–Crippen LogP) is 5.97. The molecule has 1 amide bonds. The van der Waals surface area contributed by atoms with Gasteiger partial charge in [0.25, 0.3) is 5.91 Å². The number of aliphatic carboxylic acids is 1. The zero-order valence-electron chi connectivity index (χ0n) is 24.1. The molecule has 2 heterocycles. The number of rotatable bonds is 9. The molecule has 3 saturated carbocycles. The quantitative estimate of drug-likeness (QED) is 0.323. The maximum absolute atomic E-state index is 14.8. The van der Waals surface area contributed by atoms with Crippen LogP contribution in [-0.2, 0) is 11.0 Å². The van der Waals surface area contributed by atoms with Crippen LogP contribution in [-0.4, -0.2) is 67.6 Å². The lowest BCUT2D eigenvalue weighted by Gasteiger charge is -2.44. The molecule has 0 bridgehead atoms. The van der Waals surface area contributed by atoms with Gasteiger partial charge >= 0.3 is 12.1 Å². The van der Waals surface area contributed by atoms with E-state index in [2.05, 4.69) is 15.4 Å². The number of carbonyl (C=O) groups is 3. The van der Waals surface area contributed by atoms with Crippen molar-refractivity contribution >= 4 is 40.9 Å². The SMILES string of the molecule is CN[C@]1(C(=O)O)CC[C@H](n2nc(C)c(C(=O)N(CC(=O)c3c(Cl)cncc3Cl)C(C)C3CC4(CC4)C3)c2C(F)(F)F)CC1. The molecule has 234 valence electrons. The number of amides is 1. The van der Waals surface area contributed by atoms with Crippen molar-refractivity contribution < 1.29 is 32.7 Å². The molecule has 3 fully saturated rings. The average molecular weight is 645 g/mol. The Morgan fingerprint density at radius 1 is 1.12 bits per heavy atom. The molecule has 2 N–H and O–H groups in total. The summed E-state index contributed by atoms with van der Waals surface area (Å²) < 4.78 is 45.2. The number of aryl methyl sites for hydroxylation is 1. The Morgan fingerprint density at radius 3 is 2.19 bits per heavy atom. The van der Waals surface area contributed by atoms with E-state index in [-0.39, 0.29) is 58.3 Å². The molecule has 3 aliphatic carbocycles. The standard InChI is InChI=1S/C29H34Cl2F3N5O4/c1-15-22(24(29(32,33)34)39(37-15)18-4-6-28(35-3,7-5-18)26(42)43)25(41)38(16(2)17-10-27(11-17)8-9-27)14-21(40)23-19(30)12-36-13-20(23)31/h12-13,16-18,35H,4-11,14H2,1-3H3,(H,42,43)/t16?,18-,28+. The minimum atomic E-state index is -4.94. The van der Waals surface area contributed by atoms with Gasteiger partial charge in [-0.05, 0) is 83.6 Å². The van der Waals surface area contributed by atoms with E-state index in [0.717, 1.165) is 30.4 Å². The van der Waals surface area contributed by atoms with Gasteiger partial charge < -0.3 is 15.3 Å². The third-order valence-corrected chi connectivity index (χ3v) is 10.4. The van der Waals surface area contributed by atoms with Gasteiger partial charge in [0.2, 0.25) is 0 Å². The lowest BCUT2D eigenvalue weighted by Crippen LogP contribution is -2.52. The molecule has 2 aromatic rings. The Hall–Kier alpha value is -2.70. The second-order valence-corrected chi connectivity index (χ2v) is 13.2. The average Bonchev–Trinajstić information content (AvgIpc) is 3.65. The molecular weight excluding hydrogens is 610 g/mol. The number of alkyl halides is 3. The van der Waals surface area contributed by atoms with Crippen LogP contribution in [0.25, 0.3) is 0 Å². The predicted molar refractivity (Wildman–Crippen MR) is 152 cm³/mol. The third-order valence-electron chi connectivity index (χ3n) is 9.84. The number of likely N-dealkylation sites (N-methyl/N-ethyl adjacent to an activating group) is 1. The first-order valence-electron chi connectivity index (χ1n) is 14.3. The van der Waals surface area contributed by atoms with E-state index in [1.54, 1.807) is 6.92 Å². The van der Waals surface area contributed by atoms with E-state index in [1.165, 1.54) is 31.3 Å². The summed E-state index contributed by atoms with van der Waals surface area (Å²) in [4.78, 5) is 44.6. The van der Waals surface area contributed by atoms with E-state index in [9.17, 15) is 32.7 Å². The zero-order chi connectivity index (χ0) is 31.5. The number of halogens is 5. The highest BCUT2D eigenvalue weighted by Crippen LogP contribution is 2.64. The summed E-state index contributed by atoms with van der Waals surface area (Å²) in [5.41, 5.74) is -2.94. The molecule has 2 aromatic heterocycles. The number of hydrogen-bond donors (Lipinski definition) is 2. The van der Waals surface area contributed by atoms with E-state index >= 15 is 0 Å². The zero-order valence-corrected chi connectivity index (χ0v) is 25.6. The molecule has 0 aliphatic heterocycles. The molecular formula is C29H34Cl2F3N5O4. The molecule has 1 unspecified atom stereocenters.